The van der Waals surface area contributed by atoms with Crippen molar-refractivity contribution in [2.75, 3.05) is 19.8 Å². The Labute approximate surface area is 118 Å². The summed E-state index contributed by atoms with van der Waals surface area (Å²) in [5, 5.41) is 7.44. The molecule has 0 aliphatic carbocycles. The van der Waals surface area contributed by atoms with E-state index in [4.69, 9.17) is 15.2 Å². The van der Waals surface area contributed by atoms with E-state index in [2.05, 4.69) is 10.2 Å². The molecule has 0 unspecified atom stereocenters. The Morgan fingerprint density at radius 1 is 1.25 bits per heavy atom. The Balaban J connectivity index is 2.00. The van der Waals surface area contributed by atoms with Gasteiger partial charge in [-0.2, -0.15) is 5.10 Å². The number of aromatic amines is 1. The monoisotopic (exact) mass is 273 g/mol. The van der Waals surface area contributed by atoms with Crippen molar-refractivity contribution in [3.8, 4) is 22.8 Å². The first-order chi connectivity index (χ1) is 9.79. The second-order valence-electron chi connectivity index (χ2n) is 4.93. The molecule has 0 bridgehead atoms. The van der Waals surface area contributed by atoms with Crippen LogP contribution in [0.15, 0.2) is 18.2 Å². The first kappa shape index (κ1) is 13.0. The summed E-state index contributed by atoms with van der Waals surface area (Å²) in [5.74, 6) is 1.60. The number of hydrogen-bond acceptors (Lipinski definition) is 4. The molecule has 2 heterocycles. The van der Waals surface area contributed by atoms with Crippen LogP contribution in [0.4, 0.5) is 0 Å². The minimum absolute atomic E-state index is 0.609. The molecule has 0 radical (unpaired) electrons. The fourth-order valence-electron chi connectivity index (χ4n) is 2.45. The van der Waals surface area contributed by atoms with Gasteiger partial charge in [0.1, 0.15) is 0 Å². The molecule has 0 fully saturated rings. The summed E-state index contributed by atoms with van der Waals surface area (Å²) < 4.78 is 11.4. The van der Waals surface area contributed by atoms with Crippen LogP contribution in [-0.2, 0) is 6.42 Å². The van der Waals surface area contributed by atoms with E-state index in [1.807, 2.05) is 25.1 Å². The standard InChI is InChI=1S/C15H19N3O2/c1-10-12(5-6-16)15(18-17-10)11-3-4-13-14(9-11)20-8-2-7-19-13/h3-4,9H,2,5-8,16H2,1H3,(H,17,18). The summed E-state index contributed by atoms with van der Waals surface area (Å²) >= 11 is 0. The predicted octanol–water partition coefficient (Wildman–Crippen LogP) is 2.05. The lowest BCUT2D eigenvalue weighted by Crippen LogP contribution is -2.04. The summed E-state index contributed by atoms with van der Waals surface area (Å²) in [6.45, 7) is 4.01. The molecular weight excluding hydrogens is 254 g/mol. The van der Waals surface area contributed by atoms with Crippen molar-refractivity contribution in [3.05, 3.63) is 29.5 Å². The second kappa shape index (κ2) is 5.54. The smallest absolute Gasteiger partial charge is 0.161 e. The van der Waals surface area contributed by atoms with Gasteiger partial charge < -0.3 is 15.2 Å². The minimum Gasteiger partial charge on any atom is -0.490 e. The third-order valence-corrected chi connectivity index (χ3v) is 3.49. The fourth-order valence-corrected chi connectivity index (χ4v) is 2.45. The van der Waals surface area contributed by atoms with Gasteiger partial charge in [-0.15, -0.1) is 0 Å². The summed E-state index contributed by atoms with van der Waals surface area (Å²) in [6.07, 6.45) is 1.72. The molecule has 3 N–H and O–H groups in total. The summed E-state index contributed by atoms with van der Waals surface area (Å²) in [4.78, 5) is 0. The van der Waals surface area contributed by atoms with Crippen LogP contribution in [0.25, 0.3) is 11.3 Å². The number of aryl methyl sites for hydroxylation is 1. The Morgan fingerprint density at radius 3 is 2.85 bits per heavy atom. The number of ether oxygens (including phenoxy) is 2. The molecule has 0 amide bonds. The quantitative estimate of drug-likeness (QED) is 0.897. The van der Waals surface area contributed by atoms with E-state index in [0.29, 0.717) is 19.8 Å². The molecule has 1 aromatic heterocycles. The number of benzene rings is 1. The molecule has 106 valence electrons. The third-order valence-electron chi connectivity index (χ3n) is 3.49. The number of nitrogens with zero attached hydrogens (tertiary/aromatic N) is 1. The zero-order valence-electron chi connectivity index (χ0n) is 11.6. The van der Waals surface area contributed by atoms with E-state index in [1.165, 1.54) is 5.56 Å². The maximum Gasteiger partial charge on any atom is 0.161 e. The van der Waals surface area contributed by atoms with Gasteiger partial charge in [-0.1, -0.05) is 0 Å². The molecule has 2 aromatic rings. The summed E-state index contributed by atoms with van der Waals surface area (Å²) in [7, 11) is 0. The van der Waals surface area contributed by atoms with Gasteiger partial charge in [-0.3, -0.25) is 5.10 Å². The lowest BCUT2D eigenvalue weighted by atomic mass is 10.0. The molecule has 5 heteroatoms. The normalized spacial score (nSPS) is 14.1. The van der Waals surface area contributed by atoms with Gasteiger partial charge in [-0.25, -0.2) is 0 Å². The van der Waals surface area contributed by atoms with Crippen LogP contribution < -0.4 is 15.2 Å². The highest BCUT2D eigenvalue weighted by molar-refractivity contribution is 5.67. The largest absolute Gasteiger partial charge is 0.490 e. The molecule has 20 heavy (non-hydrogen) atoms. The number of fused-ring (bicyclic) bond motifs is 1. The molecule has 1 aromatic carbocycles. The zero-order valence-corrected chi connectivity index (χ0v) is 11.6. The van der Waals surface area contributed by atoms with E-state index < -0.39 is 0 Å². The maximum atomic E-state index is 5.73. The van der Waals surface area contributed by atoms with Crippen molar-refractivity contribution in [3.63, 3.8) is 0 Å². The van der Waals surface area contributed by atoms with Crippen LogP contribution in [-0.4, -0.2) is 30.0 Å². The average Bonchev–Trinajstić information content (AvgIpc) is 2.69. The molecule has 0 saturated heterocycles. The van der Waals surface area contributed by atoms with Gasteiger partial charge >= 0.3 is 0 Å². The van der Waals surface area contributed by atoms with Gasteiger partial charge in [0, 0.05) is 23.2 Å². The number of nitrogens with one attached hydrogen (secondary N) is 1. The molecule has 1 aliphatic rings. The van der Waals surface area contributed by atoms with E-state index in [1.54, 1.807) is 0 Å². The van der Waals surface area contributed by atoms with Crippen molar-refractivity contribution in [2.45, 2.75) is 19.8 Å². The van der Waals surface area contributed by atoms with Crippen molar-refractivity contribution < 1.29 is 9.47 Å². The first-order valence-corrected chi connectivity index (χ1v) is 6.93. The van der Waals surface area contributed by atoms with Crippen molar-refractivity contribution in [2.24, 2.45) is 5.73 Å². The molecule has 0 saturated carbocycles. The van der Waals surface area contributed by atoms with E-state index >= 15 is 0 Å². The SMILES string of the molecule is Cc1[nH]nc(-c2ccc3c(c2)OCCCO3)c1CCN. The molecule has 3 rings (SSSR count). The number of H-pyrrole nitrogens is 1. The number of hydrogen-bond donors (Lipinski definition) is 2. The number of rotatable bonds is 3. The molecule has 0 atom stereocenters. The van der Waals surface area contributed by atoms with Crippen LogP contribution in [0.2, 0.25) is 0 Å². The van der Waals surface area contributed by atoms with Gasteiger partial charge in [-0.05, 0) is 38.1 Å². The molecule has 1 aliphatic heterocycles. The van der Waals surface area contributed by atoms with Crippen molar-refractivity contribution in [1.29, 1.82) is 0 Å². The Morgan fingerprint density at radius 2 is 2.05 bits per heavy atom. The maximum absolute atomic E-state index is 5.73. The Kier molecular flexibility index (Phi) is 3.60. The Hall–Kier alpha value is -2.01. The Bertz CT molecular complexity index is 607. The zero-order chi connectivity index (χ0) is 13.9. The topological polar surface area (TPSA) is 73.2 Å². The lowest BCUT2D eigenvalue weighted by Gasteiger charge is -2.09. The molecule has 0 spiro atoms. The third kappa shape index (κ3) is 2.36. The second-order valence-corrected chi connectivity index (χ2v) is 4.93. The highest BCUT2D eigenvalue weighted by Gasteiger charge is 2.16. The number of nitrogens with two attached hydrogens (primary N) is 1. The predicted molar refractivity (Wildman–Crippen MR) is 77.1 cm³/mol. The van der Waals surface area contributed by atoms with Crippen molar-refractivity contribution in [1.82, 2.24) is 10.2 Å². The van der Waals surface area contributed by atoms with Crippen LogP contribution >= 0.6 is 0 Å². The van der Waals surface area contributed by atoms with Crippen LogP contribution in [0.1, 0.15) is 17.7 Å². The van der Waals surface area contributed by atoms with Gasteiger partial charge in [0.05, 0.1) is 18.9 Å². The molecule has 5 nitrogen and oxygen atoms in total. The highest BCUT2D eigenvalue weighted by atomic mass is 16.5. The van der Waals surface area contributed by atoms with E-state index in [0.717, 1.165) is 41.3 Å². The minimum atomic E-state index is 0.609. The van der Waals surface area contributed by atoms with Gasteiger partial charge in [0.2, 0.25) is 0 Å². The summed E-state index contributed by atoms with van der Waals surface area (Å²) in [6, 6.07) is 5.96. The van der Waals surface area contributed by atoms with Crippen LogP contribution in [0.3, 0.4) is 0 Å². The summed E-state index contributed by atoms with van der Waals surface area (Å²) in [5.41, 5.74) is 9.89. The van der Waals surface area contributed by atoms with Gasteiger partial charge in [0.15, 0.2) is 11.5 Å². The van der Waals surface area contributed by atoms with Gasteiger partial charge in [0.25, 0.3) is 0 Å². The lowest BCUT2D eigenvalue weighted by molar-refractivity contribution is 0.297. The average molecular weight is 273 g/mol. The highest BCUT2D eigenvalue weighted by Crippen LogP contribution is 2.35. The van der Waals surface area contributed by atoms with Crippen LogP contribution in [0, 0.1) is 6.92 Å². The van der Waals surface area contributed by atoms with Crippen molar-refractivity contribution >= 4 is 0 Å². The van der Waals surface area contributed by atoms with E-state index in [9.17, 15) is 0 Å². The van der Waals surface area contributed by atoms with Crippen LogP contribution in [0.5, 0.6) is 11.5 Å². The first-order valence-electron chi connectivity index (χ1n) is 6.93. The number of aromatic nitrogens is 2. The molecular formula is C15H19N3O2. The fraction of sp³-hybridized carbons (Fsp3) is 0.400. The van der Waals surface area contributed by atoms with E-state index in [-0.39, 0.29) is 0 Å².